The molecule has 0 radical (unpaired) electrons. The molecule has 0 amide bonds. The molecule has 0 aliphatic rings. The first-order valence-corrected chi connectivity index (χ1v) is 4.04. The van der Waals surface area contributed by atoms with Gasteiger partial charge in [0, 0.05) is 6.07 Å². The highest BCUT2D eigenvalue weighted by molar-refractivity contribution is 5.21. The predicted molar refractivity (Wildman–Crippen MR) is 48.9 cm³/mol. The van der Waals surface area contributed by atoms with E-state index in [4.69, 9.17) is 4.74 Å². The number of hydrogen-bond acceptors (Lipinski definition) is 1. The number of hydrogen-bond donors (Lipinski definition) is 0. The quantitative estimate of drug-likeness (QED) is 0.628. The van der Waals surface area contributed by atoms with Gasteiger partial charge in [0.1, 0.15) is 11.6 Å². The van der Waals surface area contributed by atoms with Gasteiger partial charge in [0.15, 0.2) is 0 Å². The van der Waals surface area contributed by atoms with Crippen molar-refractivity contribution in [2.24, 2.45) is 0 Å². The van der Waals surface area contributed by atoms with Crippen LogP contribution in [0.5, 0.6) is 5.75 Å². The van der Waals surface area contributed by atoms with Gasteiger partial charge in [-0.1, -0.05) is 26.3 Å². The van der Waals surface area contributed by atoms with E-state index in [1.54, 1.807) is 12.1 Å². The fourth-order valence-electron chi connectivity index (χ4n) is 0.594. The van der Waals surface area contributed by atoms with Crippen LogP contribution in [0.15, 0.2) is 24.3 Å². The van der Waals surface area contributed by atoms with Crippen LogP contribution in [0, 0.1) is 5.82 Å². The molecule has 1 aromatic rings. The highest BCUT2D eigenvalue weighted by Gasteiger charge is 1.90. The Kier molecular flexibility index (Phi) is 6.07. The largest absolute Gasteiger partial charge is 0.497 e. The zero-order chi connectivity index (χ0) is 9.40. The highest BCUT2D eigenvalue weighted by atomic mass is 19.1. The number of rotatable bonds is 1. The molecule has 1 nitrogen and oxygen atoms in total. The fraction of sp³-hybridized carbons (Fsp3) is 0.400. The van der Waals surface area contributed by atoms with E-state index in [1.165, 1.54) is 25.7 Å². The van der Waals surface area contributed by atoms with Gasteiger partial charge in [0.25, 0.3) is 0 Å². The van der Waals surface area contributed by atoms with Crippen molar-refractivity contribution in [3.05, 3.63) is 30.1 Å². The van der Waals surface area contributed by atoms with Gasteiger partial charge in [0.05, 0.1) is 7.11 Å². The smallest absolute Gasteiger partial charge is 0.126 e. The Morgan fingerprint density at radius 2 is 1.92 bits per heavy atom. The molecular formula is C10H15FO. The lowest BCUT2D eigenvalue weighted by Crippen LogP contribution is -1.81. The zero-order valence-electron chi connectivity index (χ0n) is 7.80. The molecule has 12 heavy (non-hydrogen) atoms. The van der Waals surface area contributed by atoms with E-state index < -0.39 is 0 Å². The molecular weight excluding hydrogens is 155 g/mol. The van der Waals surface area contributed by atoms with Crippen LogP contribution in [0.3, 0.4) is 0 Å². The van der Waals surface area contributed by atoms with Gasteiger partial charge >= 0.3 is 0 Å². The average Bonchev–Trinajstić information content (AvgIpc) is 2.06. The molecule has 0 N–H and O–H groups in total. The van der Waals surface area contributed by atoms with Crippen molar-refractivity contribution in [1.29, 1.82) is 0 Å². The van der Waals surface area contributed by atoms with Crippen molar-refractivity contribution in [1.82, 2.24) is 0 Å². The van der Waals surface area contributed by atoms with Crippen LogP contribution in [0.25, 0.3) is 0 Å². The van der Waals surface area contributed by atoms with Crippen molar-refractivity contribution in [3.63, 3.8) is 0 Å². The highest BCUT2D eigenvalue weighted by Crippen LogP contribution is 2.09. The number of benzene rings is 1. The van der Waals surface area contributed by atoms with E-state index in [9.17, 15) is 4.39 Å². The second-order valence-electron chi connectivity index (χ2n) is 2.37. The van der Waals surface area contributed by atoms with E-state index in [-0.39, 0.29) is 5.82 Å². The van der Waals surface area contributed by atoms with Gasteiger partial charge in [-0.05, 0) is 12.1 Å². The molecule has 0 heterocycles. The summed E-state index contributed by atoms with van der Waals surface area (Å²) in [6.07, 6.45) is 1.25. The fourth-order valence-corrected chi connectivity index (χ4v) is 0.594. The maximum Gasteiger partial charge on any atom is 0.126 e. The van der Waals surface area contributed by atoms with Crippen LogP contribution in [0.4, 0.5) is 4.39 Å². The monoisotopic (exact) mass is 170 g/mol. The van der Waals surface area contributed by atoms with Crippen LogP contribution in [-0.2, 0) is 0 Å². The average molecular weight is 170 g/mol. The Bertz CT molecular complexity index is 211. The van der Waals surface area contributed by atoms with Gasteiger partial charge in [-0.25, -0.2) is 4.39 Å². The Labute approximate surface area is 73.2 Å². The lowest BCUT2D eigenvalue weighted by molar-refractivity contribution is 0.411. The Morgan fingerprint density at radius 3 is 2.25 bits per heavy atom. The molecule has 0 fully saturated rings. The summed E-state index contributed by atoms with van der Waals surface area (Å²) in [6.45, 7) is 4.25. The summed E-state index contributed by atoms with van der Waals surface area (Å²) in [5, 5.41) is 0. The molecule has 0 unspecified atom stereocenters. The number of halogens is 1. The van der Waals surface area contributed by atoms with Crippen LogP contribution in [-0.4, -0.2) is 7.11 Å². The van der Waals surface area contributed by atoms with Gasteiger partial charge < -0.3 is 4.74 Å². The second-order valence-corrected chi connectivity index (χ2v) is 2.37. The minimum atomic E-state index is -0.269. The van der Waals surface area contributed by atoms with Crippen molar-refractivity contribution in [2.45, 2.75) is 20.3 Å². The van der Waals surface area contributed by atoms with Gasteiger partial charge in [-0.3, -0.25) is 0 Å². The molecule has 0 aromatic heterocycles. The number of methoxy groups -OCH3 is 1. The van der Waals surface area contributed by atoms with Crippen molar-refractivity contribution >= 4 is 0 Å². The Hall–Kier alpha value is -1.05. The molecule has 68 valence electrons. The molecule has 0 atom stereocenters. The Balaban J connectivity index is 0.000000354. The molecule has 0 saturated heterocycles. The topological polar surface area (TPSA) is 9.23 Å². The third-order valence-corrected chi connectivity index (χ3v) is 1.03. The first kappa shape index (κ1) is 11.0. The van der Waals surface area contributed by atoms with Crippen LogP contribution in [0.2, 0.25) is 0 Å². The van der Waals surface area contributed by atoms with Crippen LogP contribution in [0.1, 0.15) is 20.3 Å². The molecule has 0 spiro atoms. The van der Waals surface area contributed by atoms with E-state index in [1.807, 2.05) is 0 Å². The minimum Gasteiger partial charge on any atom is -0.497 e. The normalized spacial score (nSPS) is 8.33. The van der Waals surface area contributed by atoms with E-state index in [2.05, 4.69) is 13.8 Å². The first-order valence-electron chi connectivity index (χ1n) is 4.04. The van der Waals surface area contributed by atoms with Crippen molar-refractivity contribution in [3.8, 4) is 5.75 Å². The van der Waals surface area contributed by atoms with Crippen LogP contribution >= 0.6 is 0 Å². The maximum atomic E-state index is 12.3. The summed E-state index contributed by atoms with van der Waals surface area (Å²) in [4.78, 5) is 0. The van der Waals surface area contributed by atoms with Crippen molar-refractivity contribution < 1.29 is 9.13 Å². The van der Waals surface area contributed by atoms with Crippen LogP contribution < -0.4 is 4.74 Å². The molecule has 1 aromatic carbocycles. The zero-order valence-corrected chi connectivity index (χ0v) is 7.80. The lowest BCUT2D eigenvalue weighted by Gasteiger charge is -1.95. The molecule has 2 heteroatoms. The number of ether oxygens (including phenoxy) is 1. The summed E-state index contributed by atoms with van der Waals surface area (Å²) in [5.74, 6) is 0.282. The predicted octanol–water partition coefficient (Wildman–Crippen LogP) is 3.25. The summed E-state index contributed by atoms with van der Waals surface area (Å²) in [6, 6.07) is 6.01. The van der Waals surface area contributed by atoms with Crippen molar-refractivity contribution in [2.75, 3.05) is 7.11 Å². The summed E-state index contributed by atoms with van der Waals surface area (Å²) in [5.41, 5.74) is 0. The maximum absolute atomic E-state index is 12.3. The van der Waals surface area contributed by atoms with E-state index in [0.29, 0.717) is 5.75 Å². The Morgan fingerprint density at radius 1 is 1.33 bits per heavy atom. The van der Waals surface area contributed by atoms with E-state index >= 15 is 0 Å². The molecule has 0 aliphatic heterocycles. The summed E-state index contributed by atoms with van der Waals surface area (Å²) >= 11 is 0. The third kappa shape index (κ3) is 4.72. The molecule has 0 saturated carbocycles. The van der Waals surface area contributed by atoms with E-state index in [0.717, 1.165) is 0 Å². The molecule has 1 rings (SSSR count). The summed E-state index contributed by atoms with van der Waals surface area (Å²) < 4.78 is 17.0. The van der Waals surface area contributed by atoms with Gasteiger partial charge in [0.2, 0.25) is 0 Å². The van der Waals surface area contributed by atoms with Gasteiger partial charge in [-0.15, -0.1) is 0 Å². The SMILES string of the molecule is CCC.COc1cccc(F)c1. The first-order chi connectivity index (χ1) is 5.74. The van der Waals surface area contributed by atoms with Gasteiger partial charge in [-0.2, -0.15) is 0 Å². The summed E-state index contributed by atoms with van der Waals surface area (Å²) in [7, 11) is 1.51. The second kappa shape index (κ2) is 6.65. The minimum absolute atomic E-state index is 0.269. The third-order valence-electron chi connectivity index (χ3n) is 1.03. The lowest BCUT2D eigenvalue weighted by atomic mass is 10.3. The molecule has 0 bridgehead atoms. The molecule has 0 aliphatic carbocycles. The standard InChI is InChI=1S/C7H7FO.C3H8/c1-9-7-4-2-3-6(8)5-7;1-3-2/h2-5H,1H3;3H2,1-2H3.